The van der Waals surface area contributed by atoms with Crippen molar-refractivity contribution >= 4 is 0 Å². The summed E-state index contributed by atoms with van der Waals surface area (Å²) < 4.78 is 5.73. The number of pyridine rings is 1. The van der Waals surface area contributed by atoms with E-state index in [9.17, 15) is 0 Å². The van der Waals surface area contributed by atoms with Crippen LogP contribution in [0, 0.1) is 0 Å². The van der Waals surface area contributed by atoms with E-state index >= 15 is 0 Å². The van der Waals surface area contributed by atoms with E-state index in [0.717, 1.165) is 18.6 Å². The molecule has 0 aliphatic rings. The van der Waals surface area contributed by atoms with Crippen LogP contribution in [0.25, 0.3) is 0 Å². The molecular formula is C20H27NO. The quantitative estimate of drug-likeness (QED) is 0.668. The van der Waals surface area contributed by atoms with Gasteiger partial charge in [-0.1, -0.05) is 26.0 Å². The van der Waals surface area contributed by atoms with Gasteiger partial charge in [-0.25, -0.2) is 0 Å². The Hall–Kier alpha value is -1.83. The first-order valence-electron chi connectivity index (χ1n) is 8.26. The zero-order chi connectivity index (χ0) is 15.9. The van der Waals surface area contributed by atoms with Crippen LogP contribution < -0.4 is 4.74 Å². The molecule has 2 aromatic rings. The predicted molar refractivity (Wildman–Crippen MR) is 92.5 cm³/mol. The second-order valence-corrected chi connectivity index (χ2v) is 6.26. The molecule has 2 rings (SSSR count). The highest BCUT2D eigenvalue weighted by atomic mass is 16.5. The van der Waals surface area contributed by atoms with Crippen molar-refractivity contribution in [3.8, 4) is 5.75 Å². The number of ether oxygens (including phenoxy) is 1. The van der Waals surface area contributed by atoms with E-state index in [1.807, 2.05) is 12.4 Å². The maximum Gasteiger partial charge on any atom is 0.119 e. The van der Waals surface area contributed by atoms with E-state index in [1.165, 1.54) is 11.1 Å². The van der Waals surface area contributed by atoms with Crippen LogP contribution >= 0.6 is 0 Å². The molecule has 0 amide bonds. The molecule has 0 aliphatic heterocycles. The fourth-order valence-electron chi connectivity index (χ4n) is 2.88. The van der Waals surface area contributed by atoms with Crippen LogP contribution in [0.1, 0.15) is 63.5 Å². The smallest absolute Gasteiger partial charge is 0.119 e. The summed E-state index contributed by atoms with van der Waals surface area (Å²) in [5.41, 5.74) is 2.77. The van der Waals surface area contributed by atoms with E-state index in [4.69, 9.17) is 4.74 Å². The van der Waals surface area contributed by atoms with Gasteiger partial charge in [0.2, 0.25) is 0 Å². The van der Waals surface area contributed by atoms with E-state index in [1.54, 1.807) is 0 Å². The Labute approximate surface area is 134 Å². The van der Waals surface area contributed by atoms with Crippen molar-refractivity contribution < 1.29 is 4.74 Å². The minimum atomic E-state index is 0.222. The van der Waals surface area contributed by atoms with Crippen molar-refractivity contribution in [3.63, 3.8) is 0 Å². The van der Waals surface area contributed by atoms with Gasteiger partial charge in [-0.15, -0.1) is 0 Å². The van der Waals surface area contributed by atoms with Gasteiger partial charge in [0.25, 0.3) is 0 Å². The maximum absolute atomic E-state index is 5.73. The fourth-order valence-corrected chi connectivity index (χ4v) is 2.88. The number of hydrogen-bond acceptors (Lipinski definition) is 2. The number of rotatable bonds is 7. The van der Waals surface area contributed by atoms with Gasteiger partial charge >= 0.3 is 0 Å². The lowest BCUT2D eigenvalue weighted by atomic mass is 9.85. The summed E-state index contributed by atoms with van der Waals surface area (Å²) in [6.07, 6.45) is 6.29. The van der Waals surface area contributed by atoms with Crippen LogP contribution in [0.2, 0.25) is 0 Å². The Morgan fingerprint density at radius 1 is 0.909 bits per heavy atom. The van der Waals surface area contributed by atoms with Crippen LogP contribution in [0.15, 0.2) is 48.8 Å². The predicted octanol–water partition coefficient (Wildman–Crippen LogP) is 5.56. The van der Waals surface area contributed by atoms with Crippen LogP contribution in [-0.4, -0.2) is 11.1 Å². The van der Waals surface area contributed by atoms with Crippen molar-refractivity contribution in [1.29, 1.82) is 0 Å². The van der Waals surface area contributed by atoms with Crippen molar-refractivity contribution in [2.45, 2.75) is 58.5 Å². The molecule has 0 aliphatic carbocycles. The van der Waals surface area contributed by atoms with E-state index in [0.29, 0.717) is 11.8 Å². The van der Waals surface area contributed by atoms with Gasteiger partial charge in [0.1, 0.15) is 5.75 Å². The minimum absolute atomic E-state index is 0.222. The molecule has 0 fully saturated rings. The van der Waals surface area contributed by atoms with Gasteiger partial charge in [-0.2, -0.15) is 0 Å². The van der Waals surface area contributed by atoms with Crippen LogP contribution in [0.4, 0.5) is 0 Å². The number of hydrogen-bond donors (Lipinski definition) is 0. The molecule has 1 heterocycles. The first-order chi connectivity index (χ1) is 10.6. The molecule has 2 atom stereocenters. The molecule has 118 valence electrons. The lowest BCUT2D eigenvalue weighted by Crippen LogP contribution is -2.06. The number of aromatic nitrogens is 1. The summed E-state index contributed by atoms with van der Waals surface area (Å²) in [6, 6.07) is 12.9. The second kappa shape index (κ2) is 7.98. The molecular weight excluding hydrogens is 270 g/mol. The average Bonchev–Trinajstić information content (AvgIpc) is 2.53. The Kier molecular flexibility index (Phi) is 6.00. The highest BCUT2D eigenvalue weighted by Crippen LogP contribution is 2.32. The maximum atomic E-state index is 5.73. The Morgan fingerprint density at radius 2 is 1.55 bits per heavy atom. The SMILES string of the molecule is CCC(CC(C)c1ccncc1)c1ccc(OC(C)C)cc1. The van der Waals surface area contributed by atoms with Crippen LogP contribution in [-0.2, 0) is 0 Å². The zero-order valence-electron chi connectivity index (χ0n) is 14.1. The Morgan fingerprint density at radius 3 is 2.09 bits per heavy atom. The third-order valence-electron chi connectivity index (χ3n) is 4.13. The minimum Gasteiger partial charge on any atom is -0.491 e. The van der Waals surface area contributed by atoms with E-state index in [2.05, 4.69) is 69.1 Å². The summed E-state index contributed by atoms with van der Waals surface area (Å²) in [6.45, 7) is 8.68. The summed E-state index contributed by atoms with van der Waals surface area (Å²) in [5, 5.41) is 0. The lowest BCUT2D eigenvalue weighted by molar-refractivity contribution is 0.242. The topological polar surface area (TPSA) is 22.1 Å². The van der Waals surface area contributed by atoms with Gasteiger partial charge in [-0.05, 0) is 73.9 Å². The monoisotopic (exact) mass is 297 g/mol. The summed E-state index contributed by atoms with van der Waals surface area (Å²) in [5.74, 6) is 2.08. The third kappa shape index (κ3) is 4.59. The highest BCUT2D eigenvalue weighted by molar-refractivity contribution is 5.30. The molecule has 2 unspecified atom stereocenters. The van der Waals surface area contributed by atoms with Crippen molar-refractivity contribution in [3.05, 3.63) is 59.9 Å². The molecule has 0 saturated carbocycles. The summed E-state index contributed by atoms with van der Waals surface area (Å²) in [4.78, 5) is 4.10. The van der Waals surface area contributed by atoms with Crippen LogP contribution in [0.3, 0.4) is 0 Å². The Balaban J connectivity index is 2.05. The molecule has 2 heteroatoms. The molecule has 22 heavy (non-hydrogen) atoms. The fraction of sp³-hybridized carbons (Fsp3) is 0.450. The first-order valence-corrected chi connectivity index (χ1v) is 8.26. The molecule has 0 radical (unpaired) electrons. The average molecular weight is 297 g/mol. The molecule has 2 nitrogen and oxygen atoms in total. The van der Waals surface area contributed by atoms with Crippen molar-refractivity contribution in [1.82, 2.24) is 4.98 Å². The summed E-state index contributed by atoms with van der Waals surface area (Å²) >= 11 is 0. The van der Waals surface area contributed by atoms with Gasteiger partial charge in [-0.3, -0.25) is 4.98 Å². The van der Waals surface area contributed by atoms with Crippen molar-refractivity contribution in [2.75, 3.05) is 0 Å². The highest BCUT2D eigenvalue weighted by Gasteiger charge is 2.15. The van der Waals surface area contributed by atoms with Gasteiger partial charge in [0, 0.05) is 12.4 Å². The molecule has 1 aromatic heterocycles. The molecule has 0 spiro atoms. The zero-order valence-corrected chi connectivity index (χ0v) is 14.1. The molecule has 0 bridgehead atoms. The largest absolute Gasteiger partial charge is 0.491 e. The number of benzene rings is 1. The van der Waals surface area contributed by atoms with E-state index in [-0.39, 0.29) is 6.10 Å². The second-order valence-electron chi connectivity index (χ2n) is 6.26. The number of nitrogens with zero attached hydrogens (tertiary/aromatic N) is 1. The molecule has 0 N–H and O–H groups in total. The first kappa shape index (κ1) is 16.5. The van der Waals surface area contributed by atoms with Gasteiger partial charge in [0.05, 0.1) is 6.10 Å². The van der Waals surface area contributed by atoms with E-state index < -0.39 is 0 Å². The molecule has 0 saturated heterocycles. The van der Waals surface area contributed by atoms with Crippen molar-refractivity contribution in [2.24, 2.45) is 0 Å². The summed E-state index contributed by atoms with van der Waals surface area (Å²) in [7, 11) is 0. The lowest BCUT2D eigenvalue weighted by Gasteiger charge is -2.21. The third-order valence-corrected chi connectivity index (χ3v) is 4.13. The molecule has 1 aromatic carbocycles. The Bertz CT molecular complexity index is 548. The van der Waals surface area contributed by atoms with Gasteiger partial charge < -0.3 is 4.74 Å². The normalized spacial score (nSPS) is 13.9. The standard InChI is InChI=1S/C20H27NO/c1-5-17(14-16(4)18-10-12-21-13-11-18)19-6-8-20(9-7-19)22-15(2)3/h6-13,15-17H,5,14H2,1-4H3. The van der Waals surface area contributed by atoms with Crippen LogP contribution in [0.5, 0.6) is 5.75 Å². The van der Waals surface area contributed by atoms with Gasteiger partial charge in [0.15, 0.2) is 0 Å².